The Morgan fingerprint density at radius 1 is 1.00 bits per heavy atom. The quantitative estimate of drug-likeness (QED) is 0.281. The number of allylic oxidation sites excluding steroid dienone is 1. The second-order valence-electron chi connectivity index (χ2n) is 9.98. The highest BCUT2D eigenvalue weighted by atomic mass is 16.6. The van der Waals surface area contributed by atoms with Gasteiger partial charge in [0, 0.05) is 30.4 Å². The first-order chi connectivity index (χ1) is 17.4. The second kappa shape index (κ2) is 13.2. The Hall–Kier alpha value is -3.39. The number of hydrogen-bond acceptors (Lipinski definition) is 8. The summed E-state index contributed by atoms with van der Waals surface area (Å²) in [4.78, 5) is 41.0. The number of ether oxygens (including phenoxy) is 3. The Bertz CT molecular complexity index is 1090. The van der Waals surface area contributed by atoms with Gasteiger partial charge in [0.05, 0.1) is 30.3 Å². The molecule has 37 heavy (non-hydrogen) atoms. The van der Waals surface area contributed by atoms with Crippen molar-refractivity contribution in [1.82, 2.24) is 10.2 Å². The fourth-order valence-corrected chi connectivity index (χ4v) is 4.09. The van der Waals surface area contributed by atoms with E-state index in [9.17, 15) is 14.4 Å². The molecule has 0 aliphatic carbocycles. The van der Waals surface area contributed by atoms with Crippen LogP contribution in [0.4, 0.5) is 0 Å². The maximum atomic E-state index is 13.4. The van der Waals surface area contributed by atoms with E-state index in [1.165, 1.54) is 6.08 Å². The van der Waals surface area contributed by atoms with E-state index in [1.54, 1.807) is 47.6 Å². The number of carbonyl (C=O) groups excluding carboxylic acids is 3. The van der Waals surface area contributed by atoms with Crippen LogP contribution in [0.3, 0.4) is 0 Å². The van der Waals surface area contributed by atoms with E-state index in [0.29, 0.717) is 46.6 Å². The fraction of sp³-hybridized carbons (Fsp3) is 0.483. The third-order valence-corrected chi connectivity index (χ3v) is 5.56. The Balaban J connectivity index is 2.74. The van der Waals surface area contributed by atoms with Gasteiger partial charge in [0.2, 0.25) is 0 Å². The van der Waals surface area contributed by atoms with Crippen molar-refractivity contribution in [2.45, 2.75) is 59.5 Å². The lowest BCUT2D eigenvalue weighted by atomic mass is 9.78. The van der Waals surface area contributed by atoms with Gasteiger partial charge in [-0.2, -0.15) is 0 Å². The van der Waals surface area contributed by atoms with Gasteiger partial charge >= 0.3 is 17.9 Å². The number of dihydropyridines is 1. The molecule has 1 heterocycles. The largest absolute Gasteiger partial charge is 0.463 e. The van der Waals surface area contributed by atoms with Crippen LogP contribution in [0.5, 0.6) is 0 Å². The van der Waals surface area contributed by atoms with Crippen molar-refractivity contribution in [3.8, 4) is 0 Å². The third kappa shape index (κ3) is 8.32. The van der Waals surface area contributed by atoms with Gasteiger partial charge in [-0.3, -0.25) is 0 Å². The van der Waals surface area contributed by atoms with Crippen LogP contribution in [0.1, 0.15) is 65.0 Å². The van der Waals surface area contributed by atoms with Gasteiger partial charge in [-0.15, -0.1) is 0 Å². The lowest BCUT2D eigenvalue weighted by Gasteiger charge is -2.32. The highest BCUT2D eigenvalue weighted by Crippen LogP contribution is 2.41. The summed E-state index contributed by atoms with van der Waals surface area (Å²) in [5.41, 5.74) is 2.70. The minimum Gasteiger partial charge on any atom is -0.463 e. The van der Waals surface area contributed by atoms with Crippen molar-refractivity contribution in [3.63, 3.8) is 0 Å². The summed E-state index contributed by atoms with van der Waals surface area (Å²) < 4.78 is 16.3. The number of carbonyl (C=O) groups is 3. The average Bonchev–Trinajstić information content (AvgIpc) is 2.80. The van der Waals surface area contributed by atoms with Crippen LogP contribution >= 0.6 is 0 Å². The van der Waals surface area contributed by atoms with Crippen molar-refractivity contribution in [3.05, 3.63) is 64.0 Å². The van der Waals surface area contributed by atoms with Crippen LogP contribution in [-0.4, -0.2) is 62.3 Å². The van der Waals surface area contributed by atoms with Crippen LogP contribution in [0, 0.1) is 0 Å². The van der Waals surface area contributed by atoms with E-state index >= 15 is 0 Å². The maximum Gasteiger partial charge on any atom is 0.336 e. The van der Waals surface area contributed by atoms with Gasteiger partial charge in [0.1, 0.15) is 5.60 Å². The first-order valence-corrected chi connectivity index (χ1v) is 12.6. The summed E-state index contributed by atoms with van der Waals surface area (Å²) in [5, 5.41) is 3.28. The highest BCUT2D eigenvalue weighted by molar-refractivity contribution is 6.00. The van der Waals surface area contributed by atoms with Gasteiger partial charge in [-0.1, -0.05) is 24.3 Å². The van der Waals surface area contributed by atoms with Crippen LogP contribution in [0.15, 0.2) is 52.9 Å². The second-order valence-corrected chi connectivity index (χ2v) is 9.98. The molecule has 1 aromatic carbocycles. The molecule has 202 valence electrons. The number of rotatable bonds is 10. The molecule has 1 aromatic rings. The Labute approximate surface area is 220 Å². The molecule has 0 amide bonds. The summed E-state index contributed by atoms with van der Waals surface area (Å²) in [6, 6.07) is 7.35. The molecule has 1 atom stereocenters. The van der Waals surface area contributed by atoms with Crippen LogP contribution < -0.4 is 5.32 Å². The lowest BCUT2D eigenvalue weighted by molar-refractivity contribution is -0.148. The van der Waals surface area contributed by atoms with Gasteiger partial charge in [0.15, 0.2) is 0 Å². The number of esters is 3. The minimum atomic E-state index is -0.754. The van der Waals surface area contributed by atoms with Crippen molar-refractivity contribution < 1.29 is 28.6 Å². The van der Waals surface area contributed by atoms with Gasteiger partial charge in [0.25, 0.3) is 0 Å². The van der Waals surface area contributed by atoms with E-state index in [4.69, 9.17) is 14.2 Å². The molecule has 1 N–H and O–H groups in total. The summed E-state index contributed by atoms with van der Waals surface area (Å²) in [6.07, 6.45) is 3.54. The van der Waals surface area contributed by atoms with Gasteiger partial charge in [-0.25, -0.2) is 14.4 Å². The third-order valence-electron chi connectivity index (χ3n) is 5.56. The smallest absolute Gasteiger partial charge is 0.336 e. The molecular formula is C29H40N2O6. The summed E-state index contributed by atoms with van der Waals surface area (Å²) >= 11 is 0. The first kappa shape index (κ1) is 29.8. The van der Waals surface area contributed by atoms with Gasteiger partial charge < -0.3 is 24.4 Å². The summed E-state index contributed by atoms with van der Waals surface area (Å²) in [7, 11) is 3.91. The topological polar surface area (TPSA) is 94.2 Å². The van der Waals surface area contributed by atoms with Crippen molar-refractivity contribution in [1.29, 1.82) is 0 Å². The van der Waals surface area contributed by atoms with Crippen LogP contribution in [0.2, 0.25) is 0 Å². The van der Waals surface area contributed by atoms with E-state index in [-0.39, 0.29) is 13.2 Å². The minimum absolute atomic E-state index is 0.188. The highest BCUT2D eigenvalue weighted by Gasteiger charge is 2.39. The van der Waals surface area contributed by atoms with E-state index in [1.807, 2.05) is 43.3 Å². The lowest BCUT2D eigenvalue weighted by Crippen LogP contribution is -2.34. The zero-order valence-corrected chi connectivity index (χ0v) is 23.3. The van der Waals surface area contributed by atoms with E-state index < -0.39 is 29.4 Å². The molecule has 1 unspecified atom stereocenters. The van der Waals surface area contributed by atoms with Crippen LogP contribution in [0.25, 0.3) is 6.08 Å². The normalized spacial score (nSPS) is 16.2. The molecule has 8 nitrogen and oxygen atoms in total. The van der Waals surface area contributed by atoms with Crippen molar-refractivity contribution >= 4 is 24.0 Å². The Morgan fingerprint density at radius 3 is 2.16 bits per heavy atom. The zero-order valence-electron chi connectivity index (χ0n) is 23.3. The first-order valence-electron chi connectivity index (χ1n) is 12.6. The molecule has 0 aromatic heterocycles. The Morgan fingerprint density at radius 2 is 1.59 bits per heavy atom. The molecule has 0 saturated carbocycles. The molecule has 0 fully saturated rings. The fourth-order valence-electron chi connectivity index (χ4n) is 4.09. The van der Waals surface area contributed by atoms with Crippen molar-refractivity contribution in [2.24, 2.45) is 0 Å². The van der Waals surface area contributed by atoms with E-state index in [0.717, 1.165) is 0 Å². The zero-order chi connectivity index (χ0) is 27.8. The molecule has 1 aliphatic rings. The average molecular weight is 513 g/mol. The van der Waals surface area contributed by atoms with E-state index in [2.05, 4.69) is 5.32 Å². The number of benzene rings is 1. The molecule has 0 saturated heterocycles. The molecule has 1 aliphatic heterocycles. The molecule has 2 rings (SSSR count). The monoisotopic (exact) mass is 512 g/mol. The van der Waals surface area contributed by atoms with Crippen molar-refractivity contribution in [2.75, 3.05) is 33.9 Å². The molecule has 0 bridgehead atoms. The number of nitrogens with zero attached hydrogens (tertiary/aromatic N) is 1. The number of hydrogen-bond donors (Lipinski definition) is 1. The Kier molecular flexibility index (Phi) is 10.7. The predicted octanol–water partition coefficient (Wildman–Crippen LogP) is 4.33. The summed E-state index contributed by atoms with van der Waals surface area (Å²) in [5.74, 6) is -2.26. The summed E-state index contributed by atoms with van der Waals surface area (Å²) in [6.45, 7) is 11.7. The SMILES string of the molecule is CCOC(=O)C1=C(C)NC(CCN(C)C)=C(C(=O)OCC)C1c1ccccc1/C=C/C(=O)OC(C)(C)C. The molecule has 8 heteroatoms. The standard InChI is InChI=1S/C29H40N2O6/c1-9-35-27(33)24-19(3)30-22(17-18-31(7)8)26(28(34)36-10-2)25(24)21-14-12-11-13-20(21)15-16-23(32)37-29(4,5)6/h11-16,25,30H,9-10,17-18H2,1-8H3/b16-15+. The molecule has 0 radical (unpaired) electrons. The number of nitrogens with one attached hydrogen (secondary N) is 1. The molecular weight excluding hydrogens is 472 g/mol. The van der Waals surface area contributed by atoms with Gasteiger partial charge in [-0.05, 0) is 72.8 Å². The van der Waals surface area contributed by atoms with Crippen LogP contribution in [-0.2, 0) is 28.6 Å². The predicted molar refractivity (Wildman–Crippen MR) is 143 cm³/mol. The maximum absolute atomic E-state index is 13.4. The molecule has 0 spiro atoms.